The molecule has 0 amide bonds. The summed E-state index contributed by atoms with van der Waals surface area (Å²) in [5.74, 6) is 0. The van der Waals surface area contributed by atoms with Crippen LogP contribution >= 0.6 is 11.3 Å². The summed E-state index contributed by atoms with van der Waals surface area (Å²) in [5.41, 5.74) is 7.98. The van der Waals surface area contributed by atoms with E-state index in [0.717, 1.165) is 17.1 Å². The van der Waals surface area contributed by atoms with E-state index in [2.05, 4.69) is 241 Å². The molecule has 2 heteroatoms. The molecular weight excluding hydrogens is 767 g/mol. The van der Waals surface area contributed by atoms with Crippen molar-refractivity contribution in [2.45, 2.75) is 0 Å². The van der Waals surface area contributed by atoms with E-state index in [4.69, 9.17) is 0 Å². The summed E-state index contributed by atoms with van der Waals surface area (Å²) >= 11 is 1.88. The van der Waals surface area contributed by atoms with Gasteiger partial charge in [-0.15, -0.1) is 11.3 Å². The van der Waals surface area contributed by atoms with Crippen LogP contribution in [0.3, 0.4) is 0 Å². The predicted octanol–water partition coefficient (Wildman–Crippen LogP) is 17.7. The molecule has 0 atom stereocenters. The van der Waals surface area contributed by atoms with Crippen LogP contribution in [-0.4, -0.2) is 0 Å². The van der Waals surface area contributed by atoms with E-state index < -0.39 is 0 Å². The smallest absolute Gasteiger partial charge is 0.0540 e. The number of rotatable bonds is 5. The third kappa shape index (κ3) is 5.99. The summed E-state index contributed by atoms with van der Waals surface area (Å²) in [7, 11) is 0. The standard InChI is InChI=1S/C60H39NS/c1-3-19-40(20-4-1)43-23-13-16-32-57(43)61(58-33-17-14-24-44(58)41-21-5-2-6-22-41)42-35-36-51-49-29-10-9-27-47(49)45-25-7-8-26-46(45)48-28-11-12-30-50(48)55-39-60-56(38-54(55)53(51)37-42)52-31-15-18-34-59(52)62-60/h1-39H. The molecule has 0 bridgehead atoms. The third-order valence-corrected chi connectivity index (χ3v) is 13.6. The number of hydrogen-bond donors (Lipinski definition) is 0. The molecule has 1 nitrogen and oxygen atoms in total. The van der Waals surface area contributed by atoms with Gasteiger partial charge in [-0.2, -0.15) is 0 Å². The molecule has 0 aliphatic carbocycles. The second-order valence-corrected chi connectivity index (χ2v) is 17.0. The Morgan fingerprint density at radius 1 is 0.242 bits per heavy atom. The zero-order valence-electron chi connectivity index (χ0n) is 33.9. The molecule has 0 fully saturated rings. The number of nitrogens with zero attached hydrogens (tertiary/aromatic N) is 1. The molecule has 12 aromatic rings. The van der Waals surface area contributed by atoms with E-state index in [1.165, 1.54) is 96.3 Å². The van der Waals surface area contributed by atoms with Crippen molar-refractivity contribution in [3.63, 3.8) is 0 Å². The molecule has 290 valence electrons. The Morgan fingerprint density at radius 3 is 1.16 bits per heavy atom. The van der Waals surface area contributed by atoms with Crippen molar-refractivity contribution in [1.82, 2.24) is 0 Å². The van der Waals surface area contributed by atoms with Gasteiger partial charge in [-0.3, -0.25) is 0 Å². The SMILES string of the molecule is c1ccc(-c2ccccc2N(c2ccc3c4ccccc4c4ccccc4c4ccccc4c4cc5sc6ccccc6c5cc4c3c2)c2ccccc2-c2ccccc2)cc1. The zero-order valence-corrected chi connectivity index (χ0v) is 34.7. The highest BCUT2D eigenvalue weighted by molar-refractivity contribution is 7.25. The Labute approximate surface area is 364 Å². The Hall–Kier alpha value is -7.78. The van der Waals surface area contributed by atoms with Crippen molar-refractivity contribution in [1.29, 1.82) is 0 Å². The first-order valence-electron chi connectivity index (χ1n) is 21.3. The lowest BCUT2D eigenvalue weighted by atomic mass is 9.93. The van der Waals surface area contributed by atoms with Crippen LogP contribution in [0.15, 0.2) is 237 Å². The first kappa shape index (κ1) is 36.1. The van der Waals surface area contributed by atoms with E-state index in [-0.39, 0.29) is 0 Å². The third-order valence-electron chi connectivity index (χ3n) is 12.5. The Balaban J connectivity index is 1.30. The van der Waals surface area contributed by atoms with Gasteiger partial charge in [-0.05, 0) is 107 Å². The Kier molecular flexibility index (Phi) is 8.76. The first-order chi connectivity index (χ1) is 30.8. The minimum absolute atomic E-state index is 1.08. The highest BCUT2D eigenvalue weighted by Gasteiger charge is 2.21. The van der Waals surface area contributed by atoms with Crippen molar-refractivity contribution in [2.75, 3.05) is 4.90 Å². The summed E-state index contributed by atoms with van der Waals surface area (Å²) in [6.07, 6.45) is 0. The number of benzene rings is 10. The average molecular weight is 806 g/mol. The second-order valence-electron chi connectivity index (χ2n) is 16.0. The van der Waals surface area contributed by atoms with Gasteiger partial charge < -0.3 is 4.90 Å². The van der Waals surface area contributed by atoms with Gasteiger partial charge >= 0.3 is 0 Å². The second kappa shape index (κ2) is 15.0. The van der Waals surface area contributed by atoms with E-state index in [1.54, 1.807) is 0 Å². The van der Waals surface area contributed by atoms with E-state index >= 15 is 0 Å². The molecule has 11 aromatic carbocycles. The van der Waals surface area contributed by atoms with Crippen LogP contribution in [0.4, 0.5) is 17.1 Å². The molecule has 0 N–H and O–H groups in total. The minimum atomic E-state index is 1.08. The van der Waals surface area contributed by atoms with Gasteiger partial charge in [0.25, 0.3) is 0 Å². The van der Waals surface area contributed by atoms with Crippen LogP contribution in [0.2, 0.25) is 0 Å². The molecule has 1 aromatic heterocycles. The predicted molar refractivity (Wildman–Crippen MR) is 270 cm³/mol. The first-order valence-corrected chi connectivity index (χ1v) is 22.1. The Morgan fingerprint density at radius 2 is 0.629 bits per heavy atom. The van der Waals surface area contributed by atoms with Gasteiger partial charge in [0.1, 0.15) is 0 Å². The molecule has 0 spiro atoms. The van der Waals surface area contributed by atoms with E-state index in [0.29, 0.717) is 0 Å². The van der Waals surface area contributed by atoms with Crippen LogP contribution in [0.5, 0.6) is 0 Å². The largest absolute Gasteiger partial charge is 0.309 e. The molecule has 0 aliphatic rings. The minimum Gasteiger partial charge on any atom is -0.309 e. The topological polar surface area (TPSA) is 3.24 Å². The van der Waals surface area contributed by atoms with Crippen molar-refractivity contribution >= 4 is 102 Å². The summed E-state index contributed by atoms with van der Waals surface area (Å²) in [6.45, 7) is 0. The fourth-order valence-electron chi connectivity index (χ4n) is 9.67. The molecule has 0 aliphatic heterocycles. The van der Waals surface area contributed by atoms with Gasteiger partial charge in [0, 0.05) is 37.0 Å². The van der Waals surface area contributed by atoms with Gasteiger partial charge in [0.05, 0.1) is 11.4 Å². The van der Waals surface area contributed by atoms with Crippen LogP contribution in [-0.2, 0) is 0 Å². The van der Waals surface area contributed by atoms with Crippen LogP contribution < -0.4 is 4.90 Å². The summed E-state index contributed by atoms with van der Waals surface area (Å²) < 4.78 is 2.59. The van der Waals surface area contributed by atoms with Gasteiger partial charge in [0.15, 0.2) is 0 Å². The molecule has 0 radical (unpaired) electrons. The van der Waals surface area contributed by atoms with E-state index in [9.17, 15) is 0 Å². The van der Waals surface area contributed by atoms with E-state index in [1.807, 2.05) is 11.3 Å². The highest BCUT2D eigenvalue weighted by atomic mass is 32.1. The quantitative estimate of drug-likeness (QED) is 0.167. The van der Waals surface area contributed by atoms with Crippen molar-refractivity contribution in [3.05, 3.63) is 237 Å². The van der Waals surface area contributed by atoms with Crippen molar-refractivity contribution < 1.29 is 0 Å². The van der Waals surface area contributed by atoms with Crippen molar-refractivity contribution in [3.8, 4) is 22.3 Å². The summed E-state index contributed by atoms with van der Waals surface area (Å²) in [6, 6.07) is 87.1. The monoisotopic (exact) mass is 805 g/mol. The summed E-state index contributed by atoms with van der Waals surface area (Å²) in [4.78, 5) is 2.48. The fraction of sp³-hybridized carbons (Fsp3) is 0. The Bertz CT molecular complexity index is 3670. The summed E-state index contributed by atoms with van der Waals surface area (Å²) in [5, 5.41) is 14.8. The highest BCUT2D eigenvalue weighted by Crippen LogP contribution is 2.47. The molecule has 1 heterocycles. The molecule has 0 saturated carbocycles. The number of anilines is 3. The van der Waals surface area contributed by atoms with Crippen molar-refractivity contribution in [2.24, 2.45) is 0 Å². The normalized spacial score (nSPS) is 11.5. The number of para-hydroxylation sites is 2. The lowest BCUT2D eigenvalue weighted by Gasteiger charge is -2.30. The molecule has 0 unspecified atom stereocenters. The molecule has 62 heavy (non-hydrogen) atoms. The van der Waals surface area contributed by atoms with Gasteiger partial charge in [-0.25, -0.2) is 0 Å². The lowest BCUT2D eigenvalue weighted by Crippen LogP contribution is -2.12. The zero-order chi connectivity index (χ0) is 41.0. The molecular formula is C60H39NS. The van der Waals surface area contributed by atoms with Crippen LogP contribution in [0, 0.1) is 0 Å². The molecule has 0 saturated heterocycles. The van der Waals surface area contributed by atoms with Gasteiger partial charge in [0.2, 0.25) is 0 Å². The fourth-order valence-corrected chi connectivity index (χ4v) is 10.8. The maximum atomic E-state index is 2.49. The lowest BCUT2D eigenvalue weighted by molar-refractivity contribution is 1.29. The number of thiophene rings is 1. The van der Waals surface area contributed by atoms with Gasteiger partial charge in [-0.1, -0.05) is 194 Å². The molecule has 12 rings (SSSR count). The number of hydrogen-bond acceptors (Lipinski definition) is 2. The average Bonchev–Trinajstić information content (AvgIpc) is 3.72. The number of fused-ring (bicyclic) bond motifs is 13. The maximum Gasteiger partial charge on any atom is 0.0540 e. The van der Waals surface area contributed by atoms with Crippen LogP contribution in [0.25, 0.3) is 96.3 Å². The van der Waals surface area contributed by atoms with Crippen LogP contribution in [0.1, 0.15) is 0 Å². The maximum absolute atomic E-state index is 2.49.